The molecule has 0 unspecified atom stereocenters. The minimum absolute atomic E-state index is 0.320. The van der Waals surface area contributed by atoms with Crippen LogP contribution in [0.1, 0.15) is 44.9 Å². The van der Waals surface area contributed by atoms with Crippen LogP contribution in [0.25, 0.3) is 0 Å². The number of amides is 1. The average Bonchev–Trinajstić information content (AvgIpc) is 3.57. The lowest BCUT2D eigenvalue weighted by molar-refractivity contribution is -0.133. The maximum atomic E-state index is 12.5. The highest BCUT2D eigenvalue weighted by Gasteiger charge is 2.53. The second kappa shape index (κ2) is 7.75. The van der Waals surface area contributed by atoms with E-state index in [2.05, 4.69) is 25.0 Å². The number of piperazine rings is 1. The molecule has 4 rings (SSSR count). The second-order valence-electron chi connectivity index (χ2n) is 8.74. The Hall–Kier alpha value is -1.30. The first-order valence-electron chi connectivity index (χ1n) is 10.7. The molecule has 26 heavy (non-hydrogen) atoms. The Balaban J connectivity index is 1.20. The van der Waals surface area contributed by atoms with Crippen LogP contribution in [0.2, 0.25) is 0 Å². The van der Waals surface area contributed by atoms with E-state index in [0.717, 1.165) is 57.7 Å². The van der Waals surface area contributed by atoms with Crippen molar-refractivity contribution in [3.63, 3.8) is 0 Å². The molecule has 2 aliphatic heterocycles. The molecule has 2 heterocycles. The fourth-order valence-electron chi connectivity index (χ4n) is 4.73. The smallest absolute Gasteiger partial charge is 0.236 e. The van der Waals surface area contributed by atoms with Crippen molar-refractivity contribution in [2.45, 2.75) is 44.9 Å². The minimum Gasteiger partial charge on any atom is -0.356 e. The number of carbonyl (C=O) groups is 1. The third-order valence-corrected chi connectivity index (χ3v) is 6.89. The van der Waals surface area contributed by atoms with Crippen LogP contribution in [0.3, 0.4) is 0 Å². The maximum absolute atomic E-state index is 12.5. The zero-order chi connectivity index (χ0) is 18.0. The van der Waals surface area contributed by atoms with Crippen molar-refractivity contribution in [2.75, 3.05) is 59.4 Å². The van der Waals surface area contributed by atoms with Gasteiger partial charge in [-0.2, -0.15) is 0 Å². The molecule has 0 bridgehead atoms. The summed E-state index contributed by atoms with van der Waals surface area (Å²) < 4.78 is 0. The number of piperidine rings is 1. The van der Waals surface area contributed by atoms with Gasteiger partial charge in [0.25, 0.3) is 0 Å². The second-order valence-corrected chi connectivity index (χ2v) is 8.74. The number of nitrogens with one attached hydrogen (secondary N) is 1. The largest absolute Gasteiger partial charge is 0.356 e. The van der Waals surface area contributed by atoms with Crippen LogP contribution in [-0.4, -0.2) is 86.0 Å². The van der Waals surface area contributed by atoms with Gasteiger partial charge >= 0.3 is 0 Å². The van der Waals surface area contributed by atoms with Gasteiger partial charge in [0.1, 0.15) is 0 Å². The molecule has 0 atom stereocenters. The van der Waals surface area contributed by atoms with Gasteiger partial charge in [-0.05, 0) is 56.3 Å². The van der Waals surface area contributed by atoms with E-state index in [0.29, 0.717) is 17.9 Å². The van der Waals surface area contributed by atoms with Crippen molar-refractivity contribution in [2.24, 2.45) is 16.3 Å². The summed E-state index contributed by atoms with van der Waals surface area (Å²) in [6, 6.07) is 0. The molecule has 4 fully saturated rings. The Morgan fingerprint density at radius 1 is 1.00 bits per heavy atom. The molecule has 0 spiro atoms. The van der Waals surface area contributed by atoms with Gasteiger partial charge in [-0.3, -0.25) is 14.7 Å². The van der Waals surface area contributed by atoms with Crippen molar-refractivity contribution in [1.82, 2.24) is 20.0 Å². The van der Waals surface area contributed by atoms with E-state index in [1.54, 1.807) is 0 Å². The summed E-state index contributed by atoms with van der Waals surface area (Å²) in [5, 5.41) is 3.65. The molecule has 4 aliphatic rings. The van der Waals surface area contributed by atoms with Crippen LogP contribution in [0, 0.1) is 11.3 Å². The van der Waals surface area contributed by atoms with E-state index in [9.17, 15) is 4.79 Å². The molecule has 0 aromatic rings. The van der Waals surface area contributed by atoms with Crippen molar-refractivity contribution in [1.29, 1.82) is 0 Å². The van der Waals surface area contributed by atoms with Crippen LogP contribution in [-0.2, 0) is 4.79 Å². The molecule has 2 aliphatic carbocycles. The van der Waals surface area contributed by atoms with Crippen LogP contribution in [0.15, 0.2) is 4.99 Å². The fraction of sp³-hybridized carbons (Fsp3) is 0.900. The number of aliphatic imine (C=N–C) groups is 1. The van der Waals surface area contributed by atoms with E-state index in [1.165, 1.54) is 44.9 Å². The number of nitrogens with zero attached hydrogens (tertiary/aromatic N) is 4. The third-order valence-electron chi connectivity index (χ3n) is 6.89. The van der Waals surface area contributed by atoms with Crippen molar-refractivity contribution < 1.29 is 4.79 Å². The number of rotatable bonds is 5. The van der Waals surface area contributed by atoms with Gasteiger partial charge < -0.3 is 15.1 Å². The van der Waals surface area contributed by atoms with E-state index in [-0.39, 0.29) is 0 Å². The SMILES string of the molecule is CN=C(NCC1(C2CC2)CC1)N1CCN(CC(=O)N2CCCCC2)CC1. The van der Waals surface area contributed by atoms with Crippen LogP contribution < -0.4 is 5.32 Å². The quantitative estimate of drug-likeness (QED) is 0.594. The van der Waals surface area contributed by atoms with Crippen molar-refractivity contribution >= 4 is 11.9 Å². The molecule has 2 saturated carbocycles. The van der Waals surface area contributed by atoms with Crippen LogP contribution in [0.5, 0.6) is 0 Å². The van der Waals surface area contributed by atoms with Crippen molar-refractivity contribution in [3.05, 3.63) is 0 Å². The third kappa shape index (κ3) is 4.16. The summed E-state index contributed by atoms with van der Waals surface area (Å²) in [7, 11) is 1.89. The van der Waals surface area contributed by atoms with E-state index in [4.69, 9.17) is 0 Å². The van der Waals surface area contributed by atoms with Crippen molar-refractivity contribution in [3.8, 4) is 0 Å². The molecule has 0 radical (unpaired) electrons. The first-order valence-corrected chi connectivity index (χ1v) is 10.7. The van der Waals surface area contributed by atoms with Gasteiger partial charge in [-0.1, -0.05) is 0 Å². The standard InChI is InChI=1S/C20H35N5O/c1-21-19(22-16-20(7-8-20)17-5-6-17)25-13-11-23(12-14-25)15-18(26)24-9-3-2-4-10-24/h17H,2-16H2,1H3,(H,21,22). The number of hydrogen-bond donors (Lipinski definition) is 1. The molecule has 0 aromatic heterocycles. The maximum Gasteiger partial charge on any atom is 0.236 e. The normalized spacial score (nSPS) is 26.7. The van der Waals surface area contributed by atoms with Crippen LogP contribution in [0.4, 0.5) is 0 Å². The van der Waals surface area contributed by atoms with Gasteiger partial charge in [-0.15, -0.1) is 0 Å². The van der Waals surface area contributed by atoms with Gasteiger partial charge in [0.15, 0.2) is 5.96 Å². The number of likely N-dealkylation sites (tertiary alicyclic amines) is 1. The molecule has 1 N–H and O–H groups in total. The predicted octanol–water partition coefficient (Wildman–Crippen LogP) is 1.38. The lowest BCUT2D eigenvalue weighted by Crippen LogP contribution is -2.55. The minimum atomic E-state index is 0.320. The Kier molecular flexibility index (Phi) is 5.39. The first kappa shape index (κ1) is 18.1. The Morgan fingerprint density at radius 3 is 2.27 bits per heavy atom. The summed E-state index contributed by atoms with van der Waals surface area (Å²) in [6.07, 6.45) is 9.28. The molecule has 1 amide bonds. The molecule has 146 valence electrons. The average molecular weight is 362 g/mol. The van der Waals surface area contributed by atoms with Crippen LogP contribution >= 0.6 is 0 Å². The molecule has 6 heteroatoms. The van der Waals surface area contributed by atoms with Gasteiger partial charge in [-0.25, -0.2) is 0 Å². The topological polar surface area (TPSA) is 51.2 Å². The summed E-state index contributed by atoms with van der Waals surface area (Å²) in [4.78, 5) is 23.7. The summed E-state index contributed by atoms with van der Waals surface area (Å²) in [5.74, 6) is 2.35. The van der Waals surface area contributed by atoms with E-state index in [1.807, 2.05) is 7.05 Å². The Bertz CT molecular complexity index is 526. The molecule has 6 nitrogen and oxygen atoms in total. The molecule has 0 aromatic carbocycles. The Labute approximate surface area is 158 Å². The summed E-state index contributed by atoms with van der Waals surface area (Å²) in [5.41, 5.74) is 0.596. The Morgan fingerprint density at radius 2 is 1.69 bits per heavy atom. The number of carbonyl (C=O) groups excluding carboxylic acids is 1. The highest BCUT2D eigenvalue weighted by Crippen LogP contribution is 2.60. The van der Waals surface area contributed by atoms with Gasteiger partial charge in [0, 0.05) is 52.9 Å². The van der Waals surface area contributed by atoms with E-state index < -0.39 is 0 Å². The highest BCUT2D eigenvalue weighted by molar-refractivity contribution is 5.80. The zero-order valence-electron chi connectivity index (χ0n) is 16.4. The summed E-state index contributed by atoms with van der Waals surface area (Å²) >= 11 is 0. The van der Waals surface area contributed by atoms with E-state index >= 15 is 0 Å². The number of hydrogen-bond acceptors (Lipinski definition) is 3. The summed E-state index contributed by atoms with van der Waals surface area (Å²) in [6.45, 7) is 7.42. The monoisotopic (exact) mass is 361 g/mol. The first-order chi connectivity index (χ1) is 12.7. The molecule has 2 saturated heterocycles. The van der Waals surface area contributed by atoms with Gasteiger partial charge in [0.2, 0.25) is 5.91 Å². The fourth-order valence-corrected chi connectivity index (χ4v) is 4.73. The predicted molar refractivity (Wildman–Crippen MR) is 104 cm³/mol. The molecular weight excluding hydrogens is 326 g/mol. The molecular formula is C20H35N5O. The zero-order valence-corrected chi connectivity index (χ0v) is 16.4. The van der Waals surface area contributed by atoms with Gasteiger partial charge in [0.05, 0.1) is 6.54 Å². The highest BCUT2D eigenvalue weighted by atomic mass is 16.2. The number of guanidine groups is 1. The lowest BCUT2D eigenvalue weighted by atomic mass is 10.0. The lowest BCUT2D eigenvalue weighted by Gasteiger charge is -2.37.